The average molecular weight is 231 g/mol. The molecule has 2 aromatic rings. The second-order valence-corrected chi connectivity index (χ2v) is 3.87. The fraction of sp³-hybridized carbons (Fsp3) is 0. The number of carbonyl (C=O) groups excluding carboxylic acids is 1. The molecule has 1 amide bonds. The summed E-state index contributed by atoms with van der Waals surface area (Å²) in [6, 6.07) is 3.38. The first-order valence-electron chi connectivity index (χ1n) is 4.26. The number of hydrogen-bond donors (Lipinski definition) is 0. The minimum atomic E-state index is -0.574. The van der Waals surface area contributed by atoms with Gasteiger partial charge in [0.25, 0.3) is 5.91 Å². The Labute approximate surface area is 94.2 Å². The van der Waals surface area contributed by atoms with E-state index < -0.39 is 5.91 Å². The predicted molar refractivity (Wildman–Crippen MR) is 58.8 cm³/mol. The molecule has 2 heterocycles. The zero-order valence-corrected chi connectivity index (χ0v) is 8.76. The van der Waals surface area contributed by atoms with Gasteiger partial charge in [0.2, 0.25) is 0 Å². The topological polar surface area (TPSA) is 91.6 Å². The summed E-state index contributed by atoms with van der Waals surface area (Å²) in [5.41, 5.74) is 8.97. The highest BCUT2D eigenvalue weighted by atomic mass is 32.1. The Balaban J connectivity index is 2.33. The first kappa shape index (κ1) is 10.3. The molecule has 6 nitrogen and oxygen atoms in total. The third kappa shape index (κ3) is 2.05. The molecule has 0 saturated heterocycles. The van der Waals surface area contributed by atoms with Gasteiger partial charge >= 0.3 is 0 Å². The van der Waals surface area contributed by atoms with E-state index in [1.165, 1.54) is 17.7 Å². The van der Waals surface area contributed by atoms with Gasteiger partial charge in [-0.3, -0.25) is 4.79 Å². The van der Waals surface area contributed by atoms with Crippen molar-refractivity contribution in [3.05, 3.63) is 46.2 Å². The molecule has 0 aromatic carbocycles. The molecule has 78 valence electrons. The van der Waals surface area contributed by atoms with Crippen LogP contribution in [-0.4, -0.2) is 15.9 Å². The van der Waals surface area contributed by atoms with Crippen molar-refractivity contribution in [1.29, 1.82) is 0 Å². The molecule has 0 unspecified atom stereocenters. The van der Waals surface area contributed by atoms with E-state index in [4.69, 9.17) is 5.53 Å². The van der Waals surface area contributed by atoms with Crippen LogP contribution in [-0.2, 0) is 0 Å². The highest BCUT2D eigenvalue weighted by Gasteiger charge is 2.08. The average Bonchev–Trinajstić information content (AvgIpc) is 2.80. The van der Waals surface area contributed by atoms with Crippen molar-refractivity contribution in [3.63, 3.8) is 0 Å². The molecular weight excluding hydrogens is 226 g/mol. The first-order chi connectivity index (χ1) is 7.81. The van der Waals surface area contributed by atoms with E-state index in [-0.39, 0.29) is 0 Å². The summed E-state index contributed by atoms with van der Waals surface area (Å²) in [7, 11) is 0. The Bertz CT molecular complexity index is 558. The Morgan fingerprint density at radius 1 is 1.38 bits per heavy atom. The summed E-state index contributed by atoms with van der Waals surface area (Å²) in [4.78, 5) is 22.7. The minimum absolute atomic E-state index is 0.400. The molecule has 0 aliphatic carbocycles. The van der Waals surface area contributed by atoms with Crippen molar-refractivity contribution < 1.29 is 4.79 Å². The number of hydrogen-bond acceptors (Lipinski definition) is 4. The van der Waals surface area contributed by atoms with Crippen LogP contribution >= 0.6 is 11.3 Å². The molecule has 0 saturated carbocycles. The lowest BCUT2D eigenvalue weighted by molar-refractivity contribution is 0.100. The van der Waals surface area contributed by atoms with Crippen molar-refractivity contribution in [2.24, 2.45) is 5.11 Å². The van der Waals surface area contributed by atoms with Gasteiger partial charge in [-0.2, -0.15) is 0 Å². The molecule has 0 aliphatic heterocycles. The van der Waals surface area contributed by atoms with Crippen molar-refractivity contribution in [3.8, 4) is 10.4 Å². The van der Waals surface area contributed by atoms with Crippen LogP contribution in [0.15, 0.2) is 36.0 Å². The lowest BCUT2D eigenvalue weighted by Gasteiger charge is -1.92. The molecule has 0 fully saturated rings. The van der Waals surface area contributed by atoms with Gasteiger partial charge in [0.15, 0.2) is 0 Å². The highest BCUT2D eigenvalue weighted by Crippen LogP contribution is 2.27. The van der Waals surface area contributed by atoms with E-state index >= 15 is 0 Å². The summed E-state index contributed by atoms with van der Waals surface area (Å²) < 4.78 is 0. The van der Waals surface area contributed by atoms with Gasteiger partial charge in [-0.25, -0.2) is 9.97 Å². The van der Waals surface area contributed by atoms with E-state index in [1.807, 2.05) is 0 Å². The lowest BCUT2D eigenvalue weighted by Crippen LogP contribution is -1.86. The zero-order valence-electron chi connectivity index (χ0n) is 7.94. The zero-order chi connectivity index (χ0) is 11.4. The molecule has 0 radical (unpaired) electrons. The molecule has 16 heavy (non-hydrogen) atoms. The highest BCUT2D eigenvalue weighted by molar-refractivity contribution is 7.17. The van der Waals surface area contributed by atoms with Gasteiger partial charge in [-0.05, 0) is 22.8 Å². The molecule has 0 bridgehead atoms. The van der Waals surface area contributed by atoms with Crippen molar-refractivity contribution >= 4 is 17.2 Å². The Kier molecular flexibility index (Phi) is 2.90. The maximum Gasteiger partial charge on any atom is 0.259 e. The molecule has 0 atom stereocenters. The third-order valence-corrected chi connectivity index (χ3v) is 2.92. The van der Waals surface area contributed by atoms with Crippen molar-refractivity contribution in [2.45, 2.75) is 0 Å². The van der Waals surface area contributed by atoms with Gasteiger partial charge in [0, 0.05) is 27.7 Å². The van der Waals surface area contributed by atoms with Crippen LogP contribution < -0.4 is 0 Å². The largest absolute Gasteiger partial charge is 0.286 e. The van der Waals surface area contributed by atoms with E-state index in [1.54, 1.807) is 24.5 Å². The van der Waals surface area contributed by atoms with Crippen LogP contribution in [0.1, 0.15) is 9.67 Å². The molecule has 2 aromatic heterocycles. The van der Waals surface area contributed by atoms with E-state index in [9.17, 15) is 4.79 Å². The number of amides is 1. The number of aromatic nitrogens is 2. The van der Waals surface area contributed by atoms with Crippen molar-refractivity contribution in [1.82, 2.24) is 9.97 Å². The fourth-order valence-corrected chi connectivity index (χ4v) is 1.98. The maximum absolute atomic E-state index is 11.2. The molecule has 0 spiro atoms. The predicted octanol–water partition coefficient (Wildman–Crippen LogP) is 2.66. The van der Waals surface area contributed by atoms with Gasteiger partial charge in [0.1, 0.15) is 6.33 Å². The number of carbonyl (C=O) groups is 1. The summed E-state index contributed by atoms with van der Waals surface area (Å²) in [6.07, 6.45) is 4.74. The van der Waals surface area contributed by atoms with E-state index in [2.05, 4.69) is 20.0 Å². The van der Waals surface area contributed by atoms with E-state index in [0.717, 1.165) is 10.4 Å². The number of nitrogens with zero attached hydrogens (tertiary/aromatic N) is 5. The molecule has 0 aliphatic rings. The normalized spacial score (nSPS) is 9.50. The SMILES string of the molecule is [N-]=[N+]=NC(=O)c1ccc(-c2cncnc2)s1. The molecule has 7 heteroatoms. The number of azide groups is 1. The van der Waals surface area contributed by atoms with E-state index in [0.29, 0.717) is 4.88 Å². The van der Waals surface area contributed by atoms with Crippen LogP contribution in [0.4, 0.5) is 0 Å². The Hall–Kier alpha value is -2.24. The van der Waals surface area contributed by atoms with Crippen LogP contribution in [0.25, 0.3) is 20.9 Å². The van der Waals surface area contributed by atoms with Gasteiger partial charge in [0.05, 0.1) is 4.88 Å². The van der Waals surface area contributed by atoms with Gasteiger partial charge in [-0.15, -0.1) is 11.3 Å². The van der Waals surface area contributed by atoms with Crippen LogP contribution in [0, 0.1) is 0 Å². The Morgan fingerprint density at radius 3 is 2.81 bits per heavy atom. The van der Waals surface area contributed by atoms with Crippen LogP contribution in [0.5, 0.6) is 0 Å². The standard InChI is InChI=1S/C9H5N5OS/c10-14-13-9(15)8-2-1-7(16-8)6-3-11-5-12-4-6/h1-5H. The molecular formula is C9H5N5OS. The Morgan fingerprint density at radius 2 is 2.12 bits per heavy atom. The quantitative estimate of drug-likeness (QED) is 0.451. The monoisotopic (exact) mass is 231 g/mol. The van der Waals surface area contributed by atoms with Crippen LogP contribution in [0.3, 0.4) is 0 Å². The first-order valence-corrected chi connectivity index (χ1v) is 5.07. The lowest BCUT2D eigenvalue weighted by atomic mass is 10.3. The second-order valence-electron chi connectivity index (χ2n) is 2.79. The summed E-state index contributed by atoms with van der Waals surface area (Å²) in [6.45, 7) is 0. The van der Waals surface area contributed by atoms with Crippen LogP contribution in [0.2, 0.25) is 0 Å². The minimum Gasteiger partial charge on any atom is -0.286 e. The molecule has 2 rings (SSSR count). The summed E-state index contributed by atoms with van der Waals surface area (Å²) in [5, 5.41) is 3.02. The molecule has 0 N–H and O–H groups in total. The maximum atomic E-state index is 11.2. The van der Waals surface area contributed by atoms with Gasteiger partial charge < -0.3 is 0 Å². The second kappa shape index (κ2) is 4.52. The van der Waals surface area contributed by atoms with Crippen molar-refractivity contribution in [2.75, 3.05) is 0 Å². The summed E-state index contributed by atoms with van der Waals surface area (Å²) in [5.74, 6) is -0.574. The van der Waals surface area contributed by atoms with Gasteiger partial charge in [-0.1, -0.05) is 0 Å². The fourth-order valence-electron chi connectivity index (χ4n) is 1.12. The number of rotatable bonds is 2. The third-order valence-electron chi connectivity index (χ3n) is 1.80. The number of thiophene rings is 1. The smallest absolute Gasteiger partial charge is 0.259 e. The summed E-state index contributed by atoms with van der Waals surface area (Å²) >= 11 is 1.24.